The van der Waals surface area contributed by atoms with Gasteiger partial charge in [0.05, 0.1) is 13.2 Å². The van der Waals surface area contributed by atoms with Crippen LogP contribution in [0.1, 0.15) is 33.3 Å². The van der Waals surface area contributed by atoms with Gasteiger partial charge in [0.2, 0.25) is 0 Å². The number of benzene rings is 1. The van der Waals surface area contributed by atoms with Gasteiger partial charge in [0.1, 0.15) is 5.60 Å². The van der Waals surface area contributed by atoms with Crippen LogP contribution in [0.15, 0.2) is 30.3 Å². The van der Waals surface area contributed by atoms with Gasteiger partial charge in [-0.05, 0) is 33.3 Å². The molecule has 1 aromatic rings. The Morgan fingerprint density at radius 1 is 1.22 bits per heavy atom. The van der Waals surface area contributed by atoms with E-state index in [2.05, 4.69) is 4.74 Å². The third-order valence-corrected chi connectivity index (χ3v) is 3.21. The van der Waals surface area contributed by atoms with E-state index in [-0.39, 0.29) is 6.54 Å². The van der Waals surface area contributed by atoms with Crippen molar-refractivity contribution in [3.05, 3.63) is 35.9 Å². The van der Waals surface area contributed by atoms with E-state index < -0.39 is 29.8 Å². The first kappa shape index (κ1) is 19.0. The van der Waals surface area contributed by atoms with Gasteiger partial charge in [0.25, 0.3) is 0 Å². The Hall–Kier alpha value is -2.08. The highest BCUT2D eigenvalue weighted by molar-refractivity contribution is 5.77. The molecule has 2 unspecified atom stereocenters. The molecule has 128 valence electrons. The van der Waals surface area contributed by atoms with Crippen molar-refractivity contribution in [3.63, 3.8) is 0 Å². The Morgan fingerprint density at radius 2 is 1.78 bits per heavy atom. The second-order valence-electron chi connectivity index (χ2n) is 6.30. The van der Waals surface area contributed by atoms with E-state index in [1.807, 2.05) is 30.3 Å². The number of rotatable bonds is 5. The highest BCUT2D eigenvalue weighted by atomic mass is 16.6. The third-order valence-electron chi connectivity index (χ3n) is 3.21. The lowest BCUT2D eigenvalue weighted by atomic mass is 10.1. The summed E-state index contributed by atoms with van der Waals surface area (Å²) in [6.45, 7) is 7.06. The smallest absolute Gasteiger partial charge is 0.410 e. The third kappa shape index (κ3) is 5.90. The van der Waals surface area contributed by atoms with Gasteiger partial charge >= 0.3 is 12.1 Å². The maximum Gasteiger partial charge on any atom is 0.410 e. The Kier molecular flexibility index (Phi) is 6.57. The zero-order valence-corrected chi connectivity index (χ0v) is 14.3. The largest absolute Gasteiger partial charge is 0.467 e. The van der Waals surface area contributed by atoms with Crippen LogP contribution < -0.4 is 0 Å². The molecule has 0 aliphatic rings. The van der Waals surface area contributed by atoms with Gasteiger partial charge < -0.3 is 14.6 Å². The summed E-state index contributed by atoms with van der Waals surface area (Å²) < 4.78 is 9.93. The molecule has 6 heteroatoms. The van der Waals surface area contributed by atoms with E-state index in [1.165, 1.54) is 12.0 Å². The fourth-order valence-electron chi connectivity index (χ4n) is 1.96. The summed E-state index contributed by atoms with van der Waals surface area (Å²) >= 11 is 0. The van der Waals surface area contributed by atoms with Gasteiger partial charge in [-0.1, -0.05) is 30.3 Å². The van der Waals surface area contributed by atoms with E-state index in [9.17, 15) is 14.7 Å². The molecule has 0 spiro atoms. The lowest BCUT2D eigenvalue weighted by molar-refractivity contribution is -0.153. The van der Waals surface area contributed by atoms with Crippen LogP contribution in [0.4, 0.5) is 4.79 Å². The second-order valence-corrected chi connectivity index (χ2v) is 6.30. The van der Waals surface area contributed by atoms with Crippen molar-refractivity contribution in [2.45, 2.75) is 52.0 Å². The van der Waals surface area contributed by atoms with E-state index in [1.54, 1.807) is 27.7 Å². The summed E-state index contributed by atoms with van der Waals surface area (Å²) in [5.41, 5.74) is 0.185. The standard InChI is InChI=1S/C17H25NO5/c1-12(14(19)15(20)22-5)18(16(21)23-17(2,3)4)11-13-9-7-6-8-10-13/h6-10,12,14,19H,11H2,1-5H3. The zero-order valence-electron chi connectivity index (χ0n) is 14.3. The minimum absolute atomic E-state index is 0.213. The number of amides is 1. The summed E-state index contributed by atoms with van der Waals surface area (Å²) in [5, 5.41) is 10.1. The van der Waals surface area contributed by atoms with Crippen molar-refractivity contribution in [2.75, 3.05) is 7.11 Å². The number of carbonyl (C=O) groups excluding carboxylic acids is 2. The van der Waals surface area contributed by atoms with Gasteiger partial charge in [-0.2, -0.15) is 0 Å². The second kappa shape index (κ2) is 7.97. The average Bonchev–Trinajstić information content (AvgIpc) is 2.49. The molecule has 1 rings (SSSR count). The predicted molar refractivity (Wildman–Crippen MR) is 85.7 cm³/mol. The summed E-state index contributed by atoms with van der Waals surface area (Å²) in [6, 6.07) is 8.49. The number of esters is 1. The van der Waals surface area contributed by atoms with Gasteiger partial charge in [-0.25, -0.2) is 9.59 Å². The van der Waals surface area contributed by atoms with Crippen LogP contribution in [-0.4, -0.2) is 46.9 Å². The molecule has 1 aromatic carbocycles. The quantitative estimate of drug-likeness (QED) is 0.842. The monoisotopic (exact) mass is 323 g/mol. The van der Waals surface area contributed by atoms with Gasteiger partial charge in [0.15, 0.2) is 6.10 Å². The molecule has 0 fully saturated rings. The molecular formula is C17H25NO5. The van der Waals surface area contributed by atoms with Gasteiger partial charge in [-0.15, -0.1) is 0 Å². The molecule has 23 heavy (non-hydrogen) atoms. The minimum atomic E-state index is -1.45. The molecule has 2 atom stereocenters. The topological polar surface area (TPSA) is 76.1 Å². The van der Waals surface area contributed by atoms with Crippen molar-refractivity contribution in [1.29, 1.82) is 0 Å². The number of carbonyl (C=O) groups is 2. The SMILES string of the molecule is COC(=O)C(O)C(C)N(Cc1ccccc1)C(=O)OC(C)(C)C. The van der Waals surface area contributed by atoms with Crippen LogP contribution in [-0.2, 0) is 20.8 Å². The molecule has 0 bridgehead atoms. The van der Waals surface area contributed by atoms with Crippen LogP contribution in [0.5, 0.6) is 0 Å². The van der Waals surface area contributed by atoms with Gasteiger partial charge in [0, 0.05) is 6.54 Å². The zero-order chi connectivity index (χ0) is 17.6. The average molecular weight is 323 g/mol. The van der Waals surface area contributed by atoms with Crippen LogP contribution >= 0.6 is 0 Å². The van der Waals surface area contributed by atoms with Crippen molar-refractivity contribution in [3.8, 4) is 0 Å². The molecule has 0 aromatic heterocycles. The summed E-state index contributed by atoms with van der Waals surface area (Å²) in [5.74, 6) is -0.792. The van der Waals surface area contributed by atoms with E-state index in [0.29, 0.717) is 0 Å². The van der Waals surface area contributed by atoms with E-state index in [4.69, 9.17) is 4.74 Å². The lowest BCUT2D eigenvalue weighted by Crippen LogP contribution is -2.49. The summed E-state index contributed by atoms with van der Waals surface area (Å²) in [4.78, 5) is 25.3. The van der Waals surface area contributed by atoms with Crippen molar-refractivity contribution in [1.82, 2.24) is 4.90 Å². The van der Waals surface area contributed by atoms with E-state index in [0.717, 1.165) is 5.56 Å². The van der Waals surface area contributed by atoms with Crippen LogP contribution in [0.2, 0.25) is 0 Å². The number of hydrogen-bond donors (Lipinski definition) is 1. The first-order chi connectivity index (χ1) is 10.7. The number of nitrogens with zero attached hydrogens (tertiary/aromatic N) is 1. The van der Waals surface area contributed by atoms with Crippen LogP contribution in [0.3, 0.4) is 0 Å². The molecule has 0 heterocycles. The molecule has 0 saturated heterocycles. The van der Waals surface area contributed by atoms with Crippen LogP contribution in [0.25, 0.3) is 0 Å². The predicted octanol–water partition coefficient (Wildman–Crippen LogP) is 2.35. The van der Waals surface area contributed by atoms with Crippen molar-refractivity contribution < 1.29 is 24.2 Å². The van der Waals surface area contributed by atoms with Crippen molar-refractivity contribution >= 4 is 12.1 Å². The Bertz CT molecular complexity index is 524. The Morgan fingerprint density at radius 3 is 2.26 bits per heavy atom. The molecule has 6 nitrogen and oxygen atoms in total. The van der Waals surface area contributed by atoms with Crippen LogP contribution in [0, 0.1) is 0 Å². The molecule has 0 aliphatic carbocycles. The number of aliphatic hydroxyl groups is 1. The first-order valence-electron chi connectivity index (χ1n) is 7.45. The molecule has 1 amide bonds. The fraction of sp³-hybridized carbons (Fsp3) is 0.529. The Labute approximate surface area is 137 Å². The number of ether oxygens (including phenoxy) is 2. The molecule has 0 aliphatic heterocycles. The van der Waals surface area contributed by atoms with Gasteiger partial charge in [-0.3, -0.25) is 4.90 Å². The maximum absolute atomic E-state index is 12.5. The van der Waals surface area contributed by atoms with Crippen molar-refractivity contribution in [2.24, 2.45) is 0 Å². The highest BCUT2D eigenvalue weighted by Gasteiger charge is 2.33. The number of methoxy groups -OCH3 is 1. The molecular weight excluding hydrogens is 298 g/mol. The Balaban J connectivity index is 3.00. The summed E-state index contributed by atoms with van der Waals surface area (Å²) in [6.07, 6.45) is -2.05. The number of hydrogen-bond acceptors (Lipinski definition) is 5. The minimum Gasteiger partial charge on any atom is -0.467 e. The maximum atomic E-state index is 12.5. The molecule has 1 N–H and O–H groups in total. The van der Waals surface area contributed by atoms with E-state index >= 15 is 0 Å². The normalized spacial score (nSPS) is 13.8. The first-order valence-corrected chi connectivity index (χ1v) is 7.45. The highest BCUT2D eigenvalue weighted by Crippen LogP contribution is 2.17. The molecule has 0 saturated carbocycles. The fourth-order valence-corrected chi connectivity index (χ4v) is 1.96. The number of aliphatic hydroxyl groups excluding tert-OH is 1. The summed E-state index contributed by atoms with van der Waals surface area (Å²) in [7, 11) is 1.19. The molecule has 0 radical (unpaired) electrons. The lowest BCUT2D eigenvalue weighted by Gasteiger charge is -2.33.